The number of aryl methyl sites for hydroxylation is 1. The molecule has 0 spiro atoms. The minimum absolute atomic E-state index is 0.114. The topological polar surface area (TPSA) is 129 Å². The number of carbonyl (C=O) groups is 1. The lowest BCUT2D eigenvalue weighted by atomic mass is 10.1. The molecule has 0 radical (unpaired) electrons. The van der Waals surface area contributed by atoms with Crippen molar-refractivity contribution in [2.75, 3.05) is 6.26 Å². The van der Waals surface area contributed by atoms with Gasteiger partial charge in [-0.15, -0.1) is 0 Å². The van der Waals surface area contributed by atoms with Crippen molar-refractivity contribution < 1.29 is 36.2 Å². The van der Waals surface area contributed by atoms with Crippen LogP contribution in [0.2, 0.25) is 0 Å². The predicted octanol–water partition coefficient (Wildman–Crippen LogP) is 3.94. The summed E-state index contributed by atoms with van der Waals surface area (Å²) in [6.45, 7) is 2.01. The molecule has 0 bridgehead atoms. The number of furan rings is 1. The summed E-state index contributed by atoms with van der Waals surface area (Å²) in [5, 5.41) is 13.8. The number of rotatable bonds is 8. The van der Waals surface area contributed by atoms with Gasteiger partial charge in [-0.2, -0.15) is 8.42 Å². The largest absolute Gasteiger partial charge is 0.487 e. The second-order valence-electron chi connectivity index (χ2n) is 7.23. The Labute approximate surface area is 183 Å². The Morgan fingerprint density at radius 2 is 1.88 bits per heavy atom. The highest BCUT2D eigenvalue weighted by molar-refractivity contribution is 7.86. The molecular formula is C22H19NO8S. The van der Waals surface area contributed by atoms with Crippen molar-refractivity contribution in [2.45, 2.75) is 20.0 Å². The summed E-state index contributed by atoms with van der Waals surface area (Å²) in [5.74, 6) is 0.324. The van der Waals surface area contributed by atoms with Gasteiger partial charge in [0.1, 0.15) is 29.4 Å². The van der Waals surface area contributed by atoms with E-state index < -0.39 is 16.1 Å². The maximum absolute atomic E-state index is 11.2. The van der Waals surface area contributed by atoms with Crippen molar-refractivity contribution >= 4 is 27.1 Å². The molecule has 2 heterocycles. The molecule has 1 N–H and O–H groups in total. The molecule has 0 saturated carbocycles. The Morgan fingerprint density at radius 1 is 1.12 bits per heavy atom. The molecule has 0 atom stereocenters. The Balaban J connectivity index is 1.45. The molecule has 2 aromatic carbocycles. The smallest absolute Gasteiger partial charge is 0.307 e. The summed E-state index contributed by atoms with van der Waals surface area (Å²) in [6.07, 6.45) is 2.31. The first-order chi connectivity index (χ1) is 15.2. The zero-order valence-corrected chi connectivity index (χ0v) is 18.0. The van der Waals surface area contributed by atoms with Crippen LogP contribution in [0.4, 0.5) is 0 Å². The van der Waals surface area contributed by atoms with Crippen LogP contribution in [0, 0.1) is 6.92 Å². The van der Waals surface area contributed by atoms with Crippen molar-refractivity contribution in [2.24, 2.45) is 0 Å². The molecule has 0 fully saturated rings. The third-order valence-electron chi connectivity index (χ3n) is 4.60. The van der Waals surface area contributed by atoms with E-state index in [1.807, 2.05) is 13.0 Å². The lowest BCUT2D eigenvalue weighted by Gasteiger charge is -2.06. The minimum atomic E-state index is -3.59. The van der Waals surface area contributed by atoms with Crippen molar-refractivity contribution in [3.63, 3.8) is 0 Å². The number of aliphatic carboxylic acids is 1. The Bertz CT molecular complexity index is 1380. The van der Waals surface area contributed by atoms with E-state index in [4.69, 9.17) is 23.0 Å². The number of nitrogens with zero attached hydrogens (tertiary/aromatic N) is 1. The van der Waals surface area contributed by atoms with Crippen molar-refractivity contribution in [3.05, 3.63) is 65.5 Å². The molecule has 2 aromatic heterocycles. The first kappa shape index (κ1) is 21.4. The number of aromatic nitrogens is 1. The maximum Gasteiger partial charge on any atom is 0.307 e. The molecule has 0 aliphatic rings. The van der Waals surface area contributed by atoms with Gasteiger partial charge in [-0.3, -0.25) is 4.79 Å². The molecule has 9 nitrogen and oxygen atoms in total. The van der Waals surface area contributed by atoms with E-state index >= 15 is 0 Å². The van der Waals surface area contributed by atoms with Gasteiger partial charge in [-0.05, 0) is 42.8 Å². The summed E-state index contributed by atoms with van der Waals surface area (Å²) in [6, 6.07) is 11.6. The highest BCUT2D eigenvalue weighted by atomic mass is 32.2. The van der Waals surface area contributed by atoms with E-state index in [1.54, 1.807) is 24.3 Å². The zero-order valence-electron chi connectivity index (χ0n) is 17.2. The van der Waals surface area contributed by atoms with E-state index in [0.29, 0.717) is 33.9 Å². The second-order valence-corrected chi connectivity index (χ2v) is 8.80. The molecule has 0 unspecified atom stereocenters. The van der Waals surface area contributed by atoms with Crippen LogP contribution in [0.5, 0.6) is 11.5 Å². The van der Waals surface area contributed by atoms with Crippen LogP contribution >= 0.6 is 0 Å². The van der Waals surface area contributed by atoms with Crippen molar-refractivity contribution in [1.82, 2.24) is 5.16 Å². The maximum atomic E-state index is 11.2. The number of hydrogen-bond acceptors (Lipinski definition) is 8. The number of carboxylic acids is 1. The van der Waals surface area contributed by atoms with Crippen LogP contribution in [0.1, 0.15) is 16.8 Å². The molecule has 0 amide bonds. The van der Waals surface area contributed by atoms with Crippen molar-refractivity contribution in [3.8, 4) is 22.8 Å². The van der Waals surface area contributed by atoms with Gasteiger partial charge in [0, 0.05) is 28.6 Å². The zero-order chi connectivity index (χ0) is 22.9. The SMILES string of the molecule is Cc1cc(OCc2cc(-c3ccc(OS(C)(=O)=O)cc3)on2)cc2occ(CC(=O)O)c12. The molecule has 0 saturated heterocycles. The first-order valence-corrected chi connectivity index (χ1v) is 11.3. The third kappa shape index (κ3) is 4.92. The Hall–Kier alpha value is -3.79. The van der Waals surface area contributed by atoms with Gasteiger partial charge in [-0.25, -0.2) is 0 Å². The van der Waals surface area contributed by atoms with Gasteiger partial charge in [0.25, 0.3) is 0 Å². The van der Waals surface area contributed by atoms with E-state index in [2.05, 4.69) is 5.16 Å². The first-order valence-electron chi connectivity index (χ1n) is 9.49. The lowest BCUT2D eigenvalue weighted by molar-refractivity contribution is -0.136. The fourth-order valence-electron chi connectivity index (χ4n) is 3.32. The molecule has 166 valence electrons. The molecule has 0 aliphatic carbocycles. The molecule has 0 aliphatic heterocycles. The van der Waals surface area contributed by atoms with Gasteiger partial charge in [0.15, 0.2) is 5.76 Å². The van der Waals surface area contributed by atoms with E-state index in [-0.39, 0.29) is 18.8 Å². The van der Waals surface area contributed by atoms with E-state index in [0.717, 1.165) is 17.2 Å². The van der Waals surface area contributed by atoms with Gasteiger partial charge >= 0.3 is 16.1 Å². The highest BCUT2D eigenvalue weighted by Gasteiger charge is 2.14. The third-order valence-corrected chi connectivity index (χ3v) is 5.09. The summed E-state index contributed by atoms with van der Waals surface area (Å²) in [5.41, 5.74) is 3.27. The van der Waals surface area contributed by atoms with Crippen LogP contribution < -0.4 is 8.92 Å². The van der Waals surface area contributed by atoms with Crippen LogP contribution in [0.15, 0.2) is 57.7 Å². The summed E-state index contributed by atoms with van der Waals surface area (Å²) < 4.78 is 43.9. The van der Waals surface area contributed by atoms with Crippen LogP contribution in [0.25, 0.3) is 22.3 Å². The average molecular weight is 457 g/mol. The predicted molar refractivity (Wildman–Crippen MR) is 114 cm³/mol. The fraction of sp³-hybridized carbons (Fsp3) is 0.182. The monoisotopic (exact) mass is 457 g/mol. The van der Waals surface area contributed by atoms with E-state index in [1.165, 1.54) is 18.4 Å². The fourth-order valence-corrected chi connectivity index (χ4v) is 3.78. The second kappa shape index (κ2) is 8.39. The van der Waals surface area contributed by atoms with Crippen molar-refractivity contribution in [1.29, 1.82) is 0 Å². The molecule has 4 rings (SSSR count). The number of ether oxygens (including phenoxy) is 1. The number of benzene rings is 2. The van der Waals surface area contributed by atoms with E-state index in [9.17, 15) is 13.2 Å². The minimum Gasteiger partial charge on any atom is -0.487 e. The van der Waals surface area contributed by atoms with Gasteiger partial charge < -0.3 is 23.0 Å². The Kier molecular flexibility index (Phi) is 5.62. The Morgan fingerprint density at radius 3 is 2.56 bits per heavy atom. The van der Waals surface area contributed by atoms with Crippen LogP contribution in [0.3, 0.4) is 0 Å². The summed E-state index contributed by atoms with van der Waals surface area (Å²) >= 11 is 0. The summed E-state index contributed by atoms with van der Waals surface area (Å²) in [7, 11) is -3.59. The van der Waals surface area contributed by atoms with Crippen LogP contribution in [-0.2, 0) is 27.9 Å². The highest BCUT2D eigenvalue weighted by Crippen LogP contribution is 2.30. The molecule has 10 heteroatoms. The quantitative estimate of drug-likeness (QED) is 0.391. The molecule has 4 aromatic rings. The number of carboxylic acid groups (broad SMARTS) is 1. The average Bonchev–Trinajstić information content (AvgIpc) is 3.33. The molecule has 32 heavy (non-hydrogen) atoms. The molecular weight excluding hydrogens is 438 g/mol. The van der Waals surface area contributed by atoms with Gasteiger partial charge in [0.05, 0.1) is 18.9 Å². The normalized spacial score (nSPS) is 11.6. The van der Waals surface area contributed by atoms with Gasteiger partial charge in [0.2, 0.25) is 0 Å². The summed E-state index contributed by atoms with van der Waals surface area (Å²) in [4.78, 5) is 11.0. The standard InChI is InChI=1S/C22H19NO8S/c1-13-7-18(10-20-22(13)15(11-29-20)8-21(24)25)28-12-16-9-19(30-23-16)14-3-5-17(6-4-14)31-32(2,26)27/h3-7,9-11H,8,12H2,1-2H3,(H,24,25). The lowest BCUT2D eigenvalue weighted by Crippen LogP contribution is -2.05. The van der Waals surface area contributed by atoms with Crippen LogP contribution in [-0.4, -0.2) is 30.9 Å². The number of hydrogen-bond donors (Lipinski definition) is 1. The van der Waals surface area contributed by atoms with Gasteiger partial charge in [-0.1, -0.05) is 5.16 Å². The number of fused-ring (bicyclic) bond motifs is 1.